The van der Waals surface area contributed by atoms with Gasteiger partial charge in [-0.2, -0.15) is 0 Å². The van der Waals surface area contributed by atoms with Crippen LogP contribution in [0.25, 0.3) is 0 Å². The molecule has 1 fully saturated rings. The molecule has 0 aliphatic carbocycles. The van der Waals surface area contributed by atoms with E-state index in [1.807, 2.05) is 33.8 Å². The van der Waals surface area contributed by atoms with Crippen LogP contribution in [0.2, 0.25) is 0 Å². The summed E-state index contributed by atoms with van der Waals surface area (Å²) in [7, 11) is 0. The highest BCUT2D eigenvalue weighted by molar-refractivity contribution is 7.99. The first-order valence-corrected chi connectivity index (χ1v) is 7.66. The van der Waals surface area contributed by atoms with Crippen molar-refractivity contribution < 1.29 is 9.53 Å². The van der Waals surface area contributed by atoms with Gasteiger partial charge in [0.05, 0.1) is 0 Å². The molecule has 110 valence electrons. The molecule has 1 unspecified atom stereocenters. The second-order valence-corrected chi connectivity index (χ2v) is 7.20. The number of carbonyl (C=O) groups is 1. The Bertz CT molecular complexity index is 488. The van der Waals surface area contributed by atoms with Gasteiger partial charge in [0.1, 0.15) is 5.60 Å². The van der Waals surface area contributed by atoms with Gasteiger partial charge in [0.15, 0.2) is 5.16 Å². The van der Waals surface area contributed by atoms with Crippen molar-refractivity contribution in [3.63, 3.8) is 0 Å². The lowest BCUT2D eigenvalue weighted by Crippen LogP contribution is -2.35. The van der Waals surface area contributed by atoms with Gasteiger partial charge in [-0.15, -0.1) is 0 Å². The Morgan fingerprint density at radius 1 is 1.50 bits per heavy atom. The van der Waals surface area contributed by atoms with E-state index in [0.717, 1.165) is 23.8 Å². The summed E-state index contributed by atoms with van der Waals surface area (Å²) in [6.07, 6.45) is 2.48. The summed E-state index contributed by atoms with van der Waals surface area (Å²) in [5.41, 5.74) is 0.520. The predicted octanol–water partition coefficient (Wildman–Crippen LogP) is 2.89. The maximum Gasteiger partial charge on any atom is 0.410 e. The summed E-state index contributed by atoms with van der Waals surface area (Å²) in [6, 6.07) is 1.88. The van der Waals surface area contributed by atoms with Crippen LogP contribution in [0, 0.1) is 6.92 Å². The van der Waals surface area contributed by atoms with Crippen LogP contribution in [0.5, 0.6) is 0 Å². The van der Waals surface area contributed by atoms with Gasteiger partial charge in [0.25, 0.3) is 0 Å². The topological polar surface area (TPSA) is 55.3 Å². The molecule has 0 aromatic carbocycles. The number of ether oxygens (including phenoxy) is 1. The molecule has 6 heteroatoms. The Kier molecular flexibility index (Phi) is 4.52. The minimum atomic E-state index is -0.442. The molecule has 1 aliphatic rings. The summed E-state index contributed by atoms with van der Waals surface area (Å²) in [4.78, 5) is 22.4. The van der Waals surface area contributed by atoms with Crippen molar-refractivity contribution in [2.75, 3.05) is 13.1 Å². The first-order chi connectivity index (χ1) is 9.33. The van der Waals surface area contributed by atoms with Crippen molar-refractivity contribution in [2.45, 2.75) is 50.1 Å². The molecule has 0 spiro atoms. The summed E-state index contributed by atoms with van der Waals surface area (Å²) in [5, 5.41) is 1.12. The fourth-order valence-corrected chi connectivity index (χ4v) is 3.04. The van der Waals surface area contributed by atoms with Gasteiger partial charge in [-0.1, -0.05) is 11.8 Å². The maximum atomic E-state index is 12.0. The zero-order valence-corrected chi connectivity index (χ0v) is 13.2. The molecule has 1 saturated heterocycles. The second kappa shape index (κ2) is 5.99. The van der Waals surface area contributed by atoms with Gasteiger partial charge >= 0.3 is 6.09 Å². The normalized spacial score (nSPS) is 19.2. The lowest BCUT2D eigenvalue weighted by atomic mass is 10.2. The summed E-state index contributed by atoms with van der Waals surface area (Å²) < 4.78 is 5.39. The fraction of sp³-hybridized carbons (Fsp3) is 0.643. The van der Waals surface area contributed by atoms with Crippen LogP contribution in [-0.2, 0) is 4.74 Å². The van der Waals surface area contributed by atoms with Crippen molar-refractivity contribution in [3.8, 4) is 0 Å². The third-order valence-electron chi connectivity index (χ3n) is 2.84. The average Bonchev–Trinajstić information content (AvgIpc) is 2.75. The van der Waals surface area contributed by atoms with Crippen LogP contribution in [-0.4, -0.2) is 44.9 Å². The quantitative estimate of drug-likeness (QED) is 0.785. The van der Waals surface area contributed by atoms with Crippen molar-refractivity contribution in [3.05, 3.63) is 18.0 Å². The Hall–Kier alpha value is -1.30. The van der Waals surface area contributed by atoms with Gasteiger partial charge < -0.3 is 9.64 Å². The SMILES string of the molecule is Cc1ccnc(SC2CCN(C(=O)OC(C)(C)C)C2)n1. The van der Waals surface area contributed by atoms with E-state index in [2.05, 4.69) is 9.97 Å². The minimum Gasteiger partial charge on any atom is -0.444 e. The lowest BCUT2D eigenvalue weighted by molar-refractivity contribution is 0.0295. The van der Waals surface area contributed by atoms with E-state index < -0.39 is 5.60 Å². The highest BCUT2D eigenvalue weighted by atomic mass is 32.2. The van der Waals surface area contributed by atoms with E-state index in [1.165, 1.54) is 0 Å². The van der Waals surface area contributed by atoms with Crippen molar-refractivity contribution >= 4 is 17.9 Å². The largest absolute Gasteiger partial charge is 0.444 e. The van der Waals surface area contributed by atoms with E-state index in [1.54, 1.807) is 22.9 Å². The highest BCUT2D eigenvalue weighted by Crippen LogP contribution is 2.28. The average molecular weight is 295 g/mol. The molecule has 1 atom stereocenters. The summed E-state index contributed by atoms with van der Waals surface area (Å²) in [6.45, 7) is 9.03. The van der Waals surface area contributed by atoms with Crippen LogP contribution in [0.4, 0.5) is 4.79 Å². The van der Waals surface area contributed by atoms with Crippen LogP contribution >= 0.6 is 11.8 Å². The van der Waals surface area contributed by atoms with Crippen LogP contribution < -0.4 is 0 Å². The van der Waals surface area contributed by atoms with Gasteiger partial charge in [0.2, 0.25) is 0 Å². The number of nitrogens with zero attached hydrogens (tertiary/aromatic N) is 3. The zero-order valence-electron chi connectivity index (χ0n) is 12.4. The van der Waals surface area contributed by atoms with Gasteiger partial charge in [0, 0.05) is 30.2 Å². The molecule has 2 heterocycles. The molecule has 1 aromatic rings. The van der Waals surface area contributed by atoms with Gasteiger partial charge in [-0.05, 0) is 40.2 Å². The zero-order chi connectivity index (χ0) is 14.8. The highest BCUT2D eigenvalue weighted by Gasteiger charge is 2.30. The third-order valence-corrected chi connectivity index (χ3v) is 3.97. The molecular formula is C14H21N3O2S. The minimum absolute atomic E-state index is 0.231. The molecule has 20 heavy (non-hydrogen) atoms. The summed E-state index contributed by atoms with van der Waals surface area (Å²) >= 11 is 1.63. The number of likely N-dealkylation sites (tertiary alicyclic amines) is 1. The Morgan fingerprint density at radius 3 is 2.90 bits per heavy atom. The van der Waals surface area contributed by atoms with Gasteiger partial charge in [-0.3, -0.25) is 0 Å². The van der Waals surface area contributed by atoms with Crippen molar-refractivity contribution in [2.24, 2.45) is 0 Å². The predicted molar refractivity (Wildman–Crippen MR) is 78.8 cm³/mol. The third kappa shape index (κ3) is 4.37. The maximum absolute atomic E-state index is 12.0. The van der Waals surface area contributed by atoms with Crippen molar-refractivity contribution in [1.29, 1.82) is 0 Å². The molecule has 1 aromatic heterocycles. The smallest absolute Gasteiger partial charge is 0.410 e. The van der Waals surface area contributed by atoms with E-state index in [0.29, 0.717) is 11.8 Å². The molecule has 5 nitrogen and oxygen atoms in total. The second-order valence-electron chi connectivity index (χ2n) is 5.94. The number of thioether (sulfide) groups is 1. The first-order valence-electron chi connectivity index (χ1n) is 6.78. The molecule has 2 rings (SSSR count). The number of rotatable bonds is 2. The molecule has 1 aliphatic heterocycles. The standard InChI is InChI=1S/C14H21N3O2S/c1-10-5-7-15-12(16-10)20-11-6-8-17(9-11)13(18)19-14(2,3)4/h5,7,11H,6,8-9H2,1-4H3. The number of aromatic nitrogens is 2. The van der Waals surface area contributed by atoms with E-state index in [4.69, 9.17) is 4.74 Å². The van der Waals surface area contributed by atoms with Crippen LogP contribution in [0.3, 0.4) is 0 Å². The first kappa shape index (κ1) is 15.1. The lowest BCUT2D eigenvalue weighted by Gasteiger charge is -2.24. The molecule has 0 bridgehead atoms. The van der Waals surface area contributed by atoms with Crippen molar-refractivity contribution in [1.82, 2.24) is 14.9 Å². The Balaban J connectivity index is 1.88. The van der Waals surface area contributed by atoms with E-state index >= 15 is 0 Å². The molecule has 0 saturated carbocycles. The number of hydrogen-bond donors (Lipinski definition) is 0. The van der Waals surface area contributed by atoms with E-state index in [-0.39, 0.29) is 6.09 Å². The fourth-order valence-electron chi connectivity index (χ4n) is 1.95. The number of amides is 1. The number of carbonyl (C=O) groups excluding carboxylic acids is 1. The van der Waals surface area contributed by atoms with E-state index in [9.17, 15) is 4.79 Å². The van der Waals surface area contributed by atoms with Crippen LogP contribution in [0.15, 0.2) is 17.4 Å². The summed E-state index contributed by atoms with van der Waals surface area (Å²) in [5.74, 6) is 0. The Morgan fingerprint density at radius 2 is 2.25 bits per heavy atom. The number of hydrogen-bond acceptors (Lipinski definition) is 5. The molecule has 0 radical (unpaired) electrons. The number of aryl methyl sites for hydroxylation is 1. The van der Waals surface area contributed by atoms with Crippen LogP contribution in [0.1, 0.15) is 32.9 Å². The monoisotopic (exact) mass is 295 g/mol. The molecule has 1 amide bonds. The molecule has 0 N–H and O–H groups in total. The van der Waals surface area contributed by atoms with Gasteiger partial charge in [-0.25, -0.2) is 14.8 Å². The molecular weight excluding hydrogens is 274 g/mol. The Labute approximate surface area is 124 Å².